The van der Waals surface area contributed by atoms with Crippen LogP contribution in [0.1, 0.15) is 15.9 Å². The molecular weight excluding hydrogens is 917 g/mol. The predicted octanol–water partition coefficient (Wildman–Crippen LogP) is 12.3. The normalized spacial score (nSPS) is 11.0. The molecular formula is C61H38N12O. The van der Waals surface area contributed by atoms with Gasteiger partial charge in [-0.3, -0.25) is 4.79 Å². The van der Waals surface area contributed by atoms with E-state index in [1.807, 2.05) is 97.1 Å². The summed E-state index contributed by atoms with van der Waals surface area (Å²) >= 11 is 0. The summed E-state index contributed by atoms with van der Waals surface area (Å²) in [6.45, 7) is 0. The summed E-state index contributed by atoms with van der Waals surface area (Å²) in [5, 5.41) is 0. The first kappa shape index (κ1) is 44.7. The molecule has 12 rings (SSSR count). The molecule has 4 aromatic heterocycles. The van der Waals surface area contributed by atoms with Crippen LogP contribution < -0.4 is 0 Å². The van der Waals surface area contributed by atoms with Crippen LogP contribution in [0, 0.1) is 0 Å². The van der Waals surface area contributed by atoms with E-state index in [9.17, 15) is 0 Å². The van der Waals surface area contributed by atoms with Crippen LogP contribution in [0.25, 0.3) is 112 Å². The lowest BCUT2D eigenvalue weighted by Gasteiger charge is -2.17. The highest BCUT2D eigenvalue weighted by molar-refractivity contribution is 6.16. The van der Waals surface area contributed by atoms with Gasteiger partial charge in [0.1, 0.15) is 50.6 Å². The summed E-state index contributed by atoms with van der Waals surface area (Å²) in [6, 6.07) is 60.9. The molecule has 74 heavy (non-hydrogen) atoms. The van der Waals surface area contributed by atoms with Gasteiger partial charge in [0.15, 0.2) is 29.1 Å². The largest absolute Gasteiger partial charge is 0.289 e. The van der Waals surface area contributed by atoms with Crippen LogP contribution in [0.4, 0.5) is 0 Å². The molecule has 13 heteroatoms. The van der Waals surface area contributed by atoms with Crippen molar-refractivity contribution in [1.82, 2.24) is 59.8 Å². The van der Waals surface area contributed by atoms with Gasteiger partial charge >= 0.3 is 0 Å². The topological polar surface area (TPSA) is 172 Å². The van der Waals surface area contributed by atoms with Crippen LogP contribution in [0.15, 0.2) is 233 Å². The molecule has 0 saturated carbocycles. The van der Waals surface area contributed by atoms with Crippen molar-refractivity contribution >= 4 is 5.78 Å². The number of ketones is 1. The van der Waals surface area contributed by atoms with Gasteiger partial charge < -0.3 is 0 Å². The number of hydrogen-bond donors (Lipinski definition) is 0. The van der Waals surface area contributed by atoms with Crippen molar-refractivity contribution in [2.45, 2.75) is 0 Å². The molecule has 13 nitrogen and oxygen atoms in total. The molecule has 348 valence electrons. The standard InChI is InChI=1S/C61H38N12O/c74-57(55-19-3-1-17-53(55)51-27-47(39-9-5-13-43(21-39)58-66-31-62-32-67-58)25-48(28-51)40-10-6-14-44(22-40)59-68-33-63-34-69-59)56-20-4-2-18-54(56)52-29-49(41-11-7-15-45(23-41)60-70-35-64-36-71-60)26-50(30-52)42-12-8-16-46(24-42)61-72-37-65-38-73-61/h1-38H. The number of carbonyl (C=O) groups is 1. The van der Waals surface area contributed by atoms with Crippen molar-refractivity contribution in [3.63, 3.8) is 0 Å². The molecule has 0 unspecified atom stereocenters. The van der Waals surface area contributed by atoms with Gasteiger partial charge in [0, 0.05) is 33.4 Å². The minimum Gasteiger partial charge on any atom is -0.289 e. The second-order valence-electron chi connectivity index (χ2n) is 17.2. The van der Waals surface area contributed by atoms with Crippen molar-refractivity contribution in [3.8, 4) is 112 Å². The third-order valence-electron chi connectivity index (χ3n) is 12.6. The van der Waals surface area contributed by atoms with Crippen molar-refractivity contribution < 1.29 is 4.79 Å². The number of nitrogens with zero attached hydrogens (tertiary/aromatic N) is 12. The Balaban J connectivity index is 0.993. The molecule has 0 amide bonds. The number of aromatic nitrogens is 12. The fourth-order valence-electron chi connectivity index (χ4n) is 9.15. The first-order valence-electron chi connectivity index (χ1n) is 23.5. The van der Waals surface area contributed by atoms with E-state index in [-0.39, 0.29) is 5.78 Å². The van der Waals surface area contributed by atoms with E-state index in [1.54, 1.807) is 0 Å². The van der Waals surface area contributed by atoms with Crippen LogP contribution in [0.3, 0.4) is 0 Å². The van der Waals surface area contributed by atoms with Gasteiger partial charge in [-0.25, -0.2) is 59.8 Å². The molecule has 0 spiro atoms. The summed E-state index contributed by atoms with van der Waals surface area (Å²) in [5.74, 6) is 2.14. The van der Waals surface area contributed by atoms with Crippen molar-refractivity contribution in [1.29, 1.82) is 0 Å². The van der Waals surface area contributed by atoms with Gasteiger partial charge in [-0.05, 0) is 127 Å². The fourth-order valence-corrected chi connectivity index (χ4v) is 9.15. The Labute approximate surface area is 424 Å². The Kier molecular flexibility index (Phi) is 12.1. The van der Waals surface area contributed by atoms with Crippen LogP contribution in [-0.2, 0) is 0 Å². The first-order chi connectivity index (χ1) is 36.6. The quantitative estimate of drug-likeness (QED) is 0.106. The average Bonchev–Trinajstić information content (AvgIpc) is 3.49. The molecule has 0 aliphatic carbocycles. The smallest absolute Gasteiger partial charge is 0.194 e. The molecule has 0 N–H and O–H groups in total. The molecule has 0 fully saturated rings. The molecule has 0 saturated heterocycles. The summed E-state index contributed by atoms with van der Waals surface area (Å²) < 4.78 is 0. The molecule has 0 aliphatic rings. The maximum Gasteiger partial charge on any atom is 0.194 e. The predicted molar refractivity (Wildman–Crippen MR) is 284 cm³/mol. The lowest BCUT2D eigenvalue weighted by molar-refractivity contribution is 0.104. The van der Waals surface area contributed by atoms with Crippen LogP contribution >= 0.6 is 0 Å². The zero-order chi connectivity index (χ0) is 49.6. The highest BCUT2D eigenvalue weighted by atomic mass is 16.1. The van der Waals surface area contributed by atoms with Gasteiger partial charge in [0.25, 0.3) is 0 Å². The van der Waals surface area contributed by atoms with Gasteiger partial charge in [0.05, 0.1) is 0 Å². The van der Waals surface area contributed by atoms with Crippen molar-refractivity contribution in [3.05, 3.63) is 244 Å². The van der Waals surface area contributed by atoms with Crippen molar-refractivity contribution in [2.24, 2.45) is 0 Å². The Bertz CT molecular complexity index is 3530. The SMILES string of the molecule is O=C(c1ccccc1-c1cc(-c2cccc(-c3ncncn3)c2)cc(-c2cccc(-c3ncncn3)c2)c1)c1ccccc1-c1cc(-c2cccc(-c3ncncn3)c2)cc(-c2cccc(-c3ncncn3)c2)c1. The Morgan fingerprint density at radius 3 is 0.743 bits per heavy atom. The molecule has 4 heterocycles. The van der Waals surface area contributed by atoms with E-state index in [2.05, 4.69) is 145 Å². The highest BCUT2D eigenvalue weighted by Gasteiger charge is 2.21. The number of hydrogen-bond acceptors (Lipinski definition) is 13. The summed E-state index contributed by atoms with van der Waals surface area (Å²) in [4.78, 5) is 67.1. The Morgan fingerprint density at radius 1 is 0.230 bits per heavy atom. The minimum atomic E-state index is -0.127. The summed E-state index contributed by atoms with van der Waals surface area (Å²) in [6.07, 6.45) is 11.9. The maximum absolute atomic E-state index is 15.6. The molecule has 0 aliphatic heterocycles. The minimum absolute atomic E-state index is 0.127. The van der Waals surface area contributed by atoms with Crippen LogP contribution in [-0.4, -0.2) is 65.6 Å². The van der Waals surface area contributed by atoms with E-state index in [4.69, 9.17) is 0 Å². The van der Waals surface area contributed by atoms with Gasteiger partial charge in [-0.15, -0.1) is 0 Å². The second-order valence-corrected chi connectivity index (χ2v) is 17.2. The number of benzene rings is 8. The monoisotopic (exact) mass is 954 g/mol. The third kappa shape index (κ3) is 9.30. The molecule has 12 aromatic rings. The van der Waals surface area contributed by atoms with E-state index < -0.39 is 0 Å². The second kappa shape index (κ2) is 20.1. The number of carbonyl (C=O) groups excluding carboxylic acids is 1. The zero-order valence-corrected chi connectivity index (χ0v) is 39.2. The molecule has 0 atom stereocenters. The van der Waals surface area contributed by atoms with Crippen LogP contribution in [0.2, 0.25) is 0 Å². The lowest BCUT2D eigenvalue weighted by atomic mass is 9.86. The summed E-state index contributed by atoms with van der Waals surface area (Å²) in [7, 11) is 0. The van der Waals surface area contributed by atoms with Crippen LogP contribution in [0.5, 0.6) is 0 Å². The van der Waals surface area contributed by atoms with Gasteiger partial charge in [-0.2, -0.15) is 0 Å². The third-order valence-corrected chi connectivity index (χ3v) is 12.6. The number of rotatable bonds is 12. The Hall–Kier alpha value is -10.5. The van der Waals surface area contributed by atoms with Gasteiger partial charge in [-0.1, -0.05) is 121 Å². The summed E-state index contributed by atoms with van der Waals surface area (Å²) in [5.41, 5.74) is 15.3. The van der Waals surface area contributed by atoms with E-state index >= 15 is 4.79 Å². The lowest BCUT2D eigenvalue weighted by Crippen LogP contribution is -2.06. The van der Waals surface area contributed by atoms with E-state index in [0.717, 1.165) is 89.0 Å². The average molecular weight is 955 g/mol. The maximum atomic E-state index is 15.6. The highest BCUT2D eigenvalue weighted by Crippen LogP contribution is 2.40. The van der Waals surface area contributed by atoms with Gasteiger partial charge in [0.2, 0.25) is 0 Å². The van der Waals surface area contributed by atoms with E-state index in [0.29, 0.717) is 34.4 Å². The molecule has 8 aromatic carbocycles. The van der Waals surface area contributed by atoms with E-state index in [1.165, 1.54) is 50.6 Å². The fraction of sp³-hybridized carbons (Fsp3) is 0. The molecule has 0 radical (unpaired) electrons. The Morgan fingerprint density at radius 2 is 0.459 bits per heavy atom. The van der Waals surface area contributed by atoms with Crippen molar-refractivity contribution in [2.75, 3.05) is 0 Å². The zero-order valence-electron chi connectivity index (χ0n) is 39.2. The molecule has 0 bridgehead atoms. The first-order valence-corrected chi connectivity index (χ1v) is 23.5.